The third-order valence-corrected chi connectivity index (χ3v) is 4.25. The predicted molar refractivity (Wildman–Crippen MR) is 82.1 cm³/mol. The minimum Gasteiger partial charge on any atom is -0.366 e. The molecule has 1 aromatic rings. The van der Waals surface area contributed by atoms with E-state index in [1.54, 1.807) is 24.3 Å². The van der Waals surface area contributed by atoms with E-state index in [4.69, 9.17) is 5.73 Å². The molecular formula is C16H24N3O2+. The normalized spacial score (nSPS) is 23.3. The van der Waals surface area contributed by atoms with Crippen LogP contribution < -0.4 is 16.0 Å². The predicted octanol–water partition coefficient (Wildman–Crippen LogP) is 0.427. The smallest absolute Gasteiger partial charge is 0.282 e. The lowest BCUT2D eigenvalue weighted by atomic mass is 9.99. The molecule has 1 aromatic carbocycles. The van der Waals surface area contributed by atoms with Crippen LogP contribution in [0.15, 0.2) is 24.3 Å². The molecule has 1 unspecified atom stereocenters. The first-order chi connectivity index (χ1) is 9.97. The summed E-state index contributed by atoms with van der Waals surface area (Å²) in [6, 6.07) is 6.60. The van der Waals surface area contributed by atoms with Gasteiger partial charge in [-0.15, -0.1) is 0 Å². The molecule has 4 N–H and O–H groups in total. The van der Waals surface area contributed by atoms with E-state index in [1.807, 2.05) is 6.92 Å². The van der Waals surface area contributed by atoms with Crippen LogP contribution in [0, 0.1) is 5.92 Å². The van der Waals surface area contributed by atoms with Gasteiger partial charge in [0.2, 0.25) is 5.91 Å². The lowest BCUT2D eigenvalue weighted by Gasteiger charge is -2.31. The highest BCUT2D eigenvalue weighted by Crippen LogP contribution is 2.10. The molecule has 1 aliphatic heterocycles. The number of anilines is 1. The van der Waals surface area contributed by atoms with Crippen LogP contribution in [-0.2, 0) is 4.79 Å². The highest BCUT2D eigenvalue weighted by Gasteiger charge is 2.29. The van der Waals surface area contributed by atoms with Gasteiger partial charge in [-0.05, 0) is 44.0 Å². The van der Waals surface area contributed by atoms with E-state index in [2.05, 4.69) is 12.2 Å². The van der Waals surface area contributed by atoms with Crippen LogP contribution >= 0.6 is 0 Å². The highest BCUT2D eigenvalue weighted by atomic mass is 16.2. The number of rotatable bonds is 4. The Morgan fingerprint density at radius 1 is 1.33 bits per heavy atom. The van der Waals surface area contributed by atoms with Crippen molar-refractivity contribution in [1.82, 2.24) is 0 Å². The van der Waals surface area contributed by atoms with Crippen LogP contribution in [0.25, 0.3) is 0 Å². The molecule has 0 radical (unpaired) electrons. The first kappa shape index (κ1) is 15.5. The maximum absolute atomic E-state index is 12.3. The number of likely N-dealkylation sites (tertiary alicyclic amines) is 1. The van der Waals surface area contributed by atoms with E-state index in [0.717, 1.165) is 13.1 Å². The molecule has 2 rings (SSSR count). The van der Waals surface area contributed by atoms with Gasteiger partial charge < -0.3 is 16.0 Å². The maximum atomic E-state index is 12.3. The SMILES string of the molecule is C[C@@H]1CCC[NH+]([C@@H](C)C(=O)Nc2ccc(C(N)=O)cc2)C1. The van der Waals surface area contributed by atoms with Crippen molar-refractivity contribution in [1.29, 1.82) is 0 Å². The fraction of sp³-hybridized carbons (Fsp3) is 0.500. The van der Waals surface area contributed by atoms with Crippen LogP contribution in [0.1, 0.15) is 37.0 Å². The number of carbonyl (C=O) groups excluding carboxylic acids is 2. The number of piperidine rings is 1. The summed E-state index contributed by atoms with van der Waals surface area (Å²) in [5.74, 6) is 0.234. The molecule has 0 aliphatic carbocycles. The largest absolute Gasteiger partial charge is 0.366 e. The van der Waals surface area contributed by atoms with Crippen LogP contribution in [0.4, 0.5) is 5.69 Å². The van der Waals surface area contributed by atoms with Gasteiger partial charge in [0, 0.05) is 17.2 Å². The van der Waals surface area contributed by atoms with E-state index in [9.17, 15) is 9.59 Å². The van der Waals surface area contributed by atoms with Crippen LogP contribution in [0.3, 0.4) is 0 Å². The molecule has 0 bridgehead atoms. The number of primary amides is 1. The van der Waals surface area contributed by atoms with Crippen molar-refractivity contribution >= 4 is 17.5 Å². The summed E-state index contributed by atoms with van der Waals surface area (Å²) in [4.78, 5) is 24.7. The van der Waals surface area contributed by atoms with E-state index in [0.29, 0.717) is 17.2 Å². The molecule has 0 aromatic heterocycles. The van der Waals surface area contributed by atoms with E-state index in [1.165, 1.54) is 17.7 Å². The third-order valence-electron chi connectivity index (χ3n) is 4.25. The third kappa shape index (κ3) is 4.04. The van der Waals surface area contributed by atoms with Crippen molar-refractivity contribution in [2.24, 2.45) is 11.7 Å². The van der Waals surface area contributed by atoms with E-state index in [-0.39, 0.29) is 11.9 Å². The van der Waals surface area contributed by atoms with Gasteiger partial charge in [-0.3, -0.25) is 9.59 Å². The van der Waals surface area contributed by atoms with Crippen molar-refractivity contribution < 1.29 is 14.5 Å². The Balaban J connectivity index is 1.95. The monoisotopic (exact) mass is 290 g/mol. The summed E-state index contributed by atoms with van der Waals surface area (Å²) in [7, 11) is 0. The molecule has 1 aliphatic rings. The van der Waals surface area contributed by atoms with Crippen molar-refractivity contribution in [3.05, 3.63) is 29.8 Å². The Morgan fingerprint density at radius 3 is 2.57 bits per heavy atom. The minimum absolute atomic E-state index is 0.0194. The molecule has 1 saturated heterocycles. The van der Waals surface area contributed by atoms with Crippen LogP contribution in [-0.4, -0.2) is 30.9 Å². The zero-order valence-corrected chi connectivity index (χ0v) is 12.7. The van der Waals surface area contributed by atoms with Gasteiger partial charge in [0.1, 0.15) is 0 Å². The summed E-state index contributed by atoms with van der Waals surface area (Å²) in [6.45, 7) is 6.32. The Labute approximate surface area is 125 Å². The number of amides is 2. The molecule has 21 heavy (non-hydrogen) atoms. The number of quaternary nitrogens is 1. The second kappa shape index (κ2) is 6.72. The van der Waals surface area contributed by atoms with E-state index >= 15 is 0 Å². The number of hydrogen-bond acceptors (Lipinski definition) is 2. The summed E-state index contributed by atoms with van der Waals surface area (Å²) in [6.07, 6.45) is 2.44. The van der Waals surface area contributed by atoms with Gasteiger partial charge in [0.15, 0.2) is 6.04 Å². The molecule has 0 saturated carbocycles. The first-order valence-corrected chi connectivity index (χ1v) is 7.52. The van der Waals surface area contributed by atoms with Crippen molar-refractivity contribution in [2.45, 2.75) is 32.7 Å². The molecule has 114 valence electrons. The average molecular weight is 290 g/mol. The topological polar surface area (TPSA) is 76.6 Å². The Kier molecular flexibility index (Phi) is 4.96. The summed E-state index contributed by atoms with van der Waals surface area (Å²) in [5, 5.41) is 2.91. The van der Waals surface area contributed by atoms with Crippen LogP contribution in [0.2, 0.25) is 0 Å². The first-order valence-electron chi connectivity index (χ1n) is 7.52. The molecule has 5 heteroatoms. The van der Waals surface area contributed by atoms with Crippen LogP contribution in [0.5, 0.6) is 0 Å². The fourth-order valence-electron chi connectivity index (χ4n) is 2.88. The molecule has 0 spiro atoms. The summed E-state index contributed by atoms with van der Waals surface area (Å²) in [5.41, 5.74) is 6.33. The molecule has 2 amide bonds. The molecule has 5 nitrogen and oxygen atoms in total. The highest BCUT2D eigenvalue weighted by molar-refractivity contribution is 5.95. The van der Waals surface area contributed by atoms with Crippen molar-refractivity contribution in [3.8, 4) is 0 Å². The maximum Gasteiger partial charge on any atom is 0.282 e. The van der Waals surface area contributed by atoms with Gasteiger partial charge >= 0.3 is 0 Å². The molecular weight excluding hydrogens is 266 g/mol. The minimum atomic E-state index is -0.465. The summed E-state index contributed by atoms with van der Waals surface area (Å²) < 4.78 is 0. The van der Waals surface area contributed by atoms with Gasteiger partial charge in [-0.1, -0.05) is 6.92 Å². The standard InChI is InChI=1S/C16H23N3O2/c1-11-4-3-9-19(10-11)12(2)16(21)18-14-7-5-13(6-8-14)15(17)20/h5-8,11-12H,3-4,9-10H2,1-2H3,(H2,17,20)(H,18,21)/p+1/t11-,12+/m1/s1. The Hall–Kier alpha value is -1.88. The Morgan fingerprint density at radius 2 is 2.00 bits per heavy atom. The summed E-state index contributed by atoms with van der Waals surface area (Å²) >= 11 is 0. The van der Waals surface area contributed by atoms with Crippen molar-refractivity contribution in [3.63, 3.8) is 0 Å². The fourth-order valence-corrected chi connectivity index (χ4v) is 2.88. The average Bonchev–Trinajstić information content (AvgIpc) is 2.47. The van der Waals surface area contributed by atoms with Gasteiger partial charge in [-0.25, -0.2) is 0 Å². The van der Waals surface area contributed by atoms with Gasteiger partial charge in [0.25, 0.3) is 5.91 Å². The lowest BCUT2D eigenvalue weighted by Crippen LogP contribution is -3.17. The van der Waals surface area contributed by atoms with Gasteiger partial charge in [-0.2, -0.15) is 0 Å². The second-order valence-corrected chi connectivity index (χ2v) is 6.01. The number of hydrogen-bond donors (Lipinski definition) is 3. The van der Waals surface area contributed by atoms with Gasteiger partial charge in [0.05, 0.1) is 13.1 Å². The number of nitrogens with two attached hydrogens (primary N) is 1. The number of nitrogens with one attached hydrogen (secondary N) is 2. The van der Waals surface area contributed by atoms with E-state index < -0.39 is 5.91 Å². The molecule has 3 atom stereocenters. The number of benzene rings is 1. The quantitative estimate of drug-likeness (QED) is 0.752. The number of carbonyl (C=O) groups is 2. The zero-order chi connectivity index (χ0) is 15.4. The molecule has 1 fully saturated rings. The molecule has 1 heterocycles. The van der Waals surface area contributed by atoms with Crippen molar-refractivity contribution in [2.75, 3.05) is 18.4 Å². The Bertz CT molecular complexity index is 513. The zero-order valence-electron chi connectivity index (χ0n) is 12.7. The lowest BCUT2D eigenvalue weighted by molar-refractivity contribution is -0.922. The second-order valence-electron chi connectivity index (χ2n) is 6.01.